The number of hydrogen-bond acceptors (Lipinski definition) is 5. The summed E-state index contributed by atoms with van der Waals surface area (Å²) >= 11 is 5.80. The van der Waals surface area contributed by atoms with Crippen molar-refractivity contribution in [2.45, 2.75) is 38.8 Å². The minimum atomic E-state index is -0.682. The molecule has 0 bridgehead atoms. The Labute approximate surface area is 128 Å². The fraction of sp³-hybridized carbons (Fsp3) is 0.500. The lowest BCUT2D eigenvalue weighted by molar-refractivity contribution is -0.384. The number of benzene rings is 1. The van der Waals surface area contributed by atoms with E-state index < -0.39 is 10.5 Å². The van der Waals surface area contributed by atoms with Gasteiger partial charge in [0.2, 0.25) is 0 Å². The molecule has 0 aliphatic rings. The molecule has 21 heavy (non-hydrogen) atoms. The lowest BCUT2D eigenvalue weighted by atomic mass is 9.99. The molecule has 1 unspecified atom stereocenters. The molecule has 1 atom stereocenters. The molecule has 114 valence electrons. The van der Waals surface area contributed by atoms with Crippen LogP contribution in [0.3, 0.4) is 0 Å². The number of nitrogens with one attached hydrogen (secondary N) is 1. The van der Waals surface area contributed by atoms with E-state index in [-0.39, 0.29) is 16.8 Å². The maximum Gasteiger partial charge on any atom is 0.288 e. The molecule has 0 aliphatic heterocycles. The van der Waals surface area contributed by atoms with Gasteiger partial charge in [-0.2, -0.15) is 5.26 Å². The zero-order valence-corrected chi connectivity index (χ0v) is 13.0. The predicted molar refractivity (Wildman–Crippen MR) is 80.5 cm³/mol. The zero-order chi connectivity index (χ0) is 16.0. The summed E-state index contributed by atoms with van der Waals surface area (Å²) in [6.45, 7) is 6.04. The van der Waals surface area contributed by atoms with E-state index in [1.54, 1.807) is 6.92 Å². The highest BCUT2D eigenvalue weighted by atomic mass is 35.5. The average Bonchev–Trinajstić information content (AvgIpc) is 2.37. The average molecular weight is 312 g/mol. The Morgan fingerprint density at radius 1 is 1.57 bits per heavy atom. The molecule has 1 rings (SSSR count). The van der Waals surface area contributed by atoms with Gasteiger partial charge in [-0.15, -0.1) is 0 Å². The largest absolute Gasteiger partial charge is 0.493 e. The van der Waals surface area contributed by atoms with Gasteiger partial charge in [0.05, 0.1) is 17.6 Å². The molecule has 1 aromatic carbocycles. The van der Waals surface area contributed by atoms with Crippen LogP contribution in [-0.2, 0) is 0 Å². The number of ether oxygens (including phenoxy) is 1. The van der Waals surface area contributed by atoms with E-state index in [1.807, 2.05) is 13.8 Å². The van der Waals surface area contributed by atoms with Crippen LogP contribution < -0.4 is 10.1 Å². The molecule has 0 fully saturated rings. The van der Waals surface area contributed by atoms with E-state index in [9.17, 15) is 15.4 Å². The highest BCUT2D eigenvalue weighted by Crippen LogP contribution is 2.28. The van der Waals surface area contributed by atoms with Gasteiger partial charge in [0.25, 0.3) is 5.69 Å². The minimum Gasteiger partial charge on any atom is -0.493 e. The summed E-state index contributed by atoms with van der Waals surface area (Å²) in [5.74, 6) is 0.440. The van der Waals surface area contributed by atoms with E-state index in [4.69, 9.17) is 16.3 Å². The number of rotatable bonds is 7. The Bertz CT molecular complexity index is 557. The molecule has 0 aliphatic carbocycles. The first-order chi connectivity index (χ1) is 9.77. The summed E-state index contributed by atoms with van der Waals surface area (Å²) in [4.78, 5) is 10.1. The highest BCUT2D eigenvalue weighted by molar-refractivity contribution is 6.32. The molecule has 0 radical (unpaired) electrons. The predicted octanol–water partition coefficient (Wildman–Crippen LogP) is 3.30. The van der Waals surface area contributed by atoms with Gasteiger partial charge >= 0.3 is 0 Å². The number of nitro groups is 1. The van der Waals surface area contributed by atoms with Crippen LogP contribution in [0.4, 0.5) is 5.69 Å². The summed E-state index contributed by atoms with van der Waals surface area (Å²) in [7, 11) is 0. The molecular formula is C14H18ClN3O3. The Morgan fingerprint density at radius 2 is 2.24 bits per heavy atom. The molecule has 1 aromatic rings. The van der Waals surface area contributed by atoms with E-state index in [1.165, 1.54) is 18.2 Å². The summed E-state index contributed by atoms with van der Waals surface area (Å²) in [6, 6.07) is 6.60. The highest BCUT2D eigenvalue weighted by Gasteiger charge is 2.24. The van der Waals surface area contributed by atoms with Crippen LogP contribution in [0.5, 0.6) is 5.75 Å². The van der Waals surface area contributed by atoms with Crippen molar-refractivity contribution in [1.29, 1.82) is 5.26 Å². The second kappa shape index (κ2) is 7.25. The number of halogens is 1. The lowest BCUT2D eigenvalue weighted by Crippen LogP contribution is -2.45. The topological polar surface area (TPSA) is 88.2 Å². The van der Waals surface area contributed by atoms with E-state index in [2.05, 4.69) is 11.4 Å². The van der Waals surface area contributed by atoms with Gasteiger partial charge < -0.3 is 4.74 Å². The van der Waals surface area contributed by atoms with Crippen molar-refractivity contribution in [3.05, 3.63) is 33.3 Å². The van der Waals surface area contributed by atoms with Crippen molar-refractivity contribution in [1.82, 2.24) is 5.32 Å². The maximum absolute atomic E-state index is 10.7. The van der Waals surface area contributed by atoms with Crippen LogP contribution in [0.2, 0.25) is 5.02 Å². The molecule has 6 nitrogen and oxygen atoms in total. The molecule has 0 spiro atoms. The fourth-order valence-electron chi connectivity index (χ4n) is 1.90. The summed E-state index contributed by atoms with van der Waals surface area (Å²) < 4.78 is 5.50. The van der Waals surface area contributed by atoms with Gasteiger partial charge in [0, 0.05) is 24.6 Å². The molecule has 0 saturated carbocycles. The van der Waals surface area contributed by atoms with Crippen molar-refractivity contribution in [3.63, 3.8) is 0 Å². The minimum absolute atomic E-state index is 0.0286. The number of nitrogens with zero attached hydrogens (tertiary/aromatic N) is 2. The van der Waals surface area contributed by atoms with E-state index in [0.717, 1.165) is 0 Å². The van der Waals surface area contributed by atoms with Crippen molar-refractivity contribution in [3.8, 4) is 11.8 Å². The van der Waals surface area contributed by atoms with Crippen molar-refractivity contribution in [2.24, 2.45) is 0 Å². The lowest BCUT2D eigenvalue weighted by Gasteiger charge is -2.25. The third-order valence-electron chi connectivity index (χ3n) is 2.84. The summed E-state index contributed by atoms with van der Waals surface area (Å²) in [6.07, 6.45) is 0.482. The fourth-order valence-corrected chi connectivity index (χ4v) is 2.14. The van der Waals surface area contributed by atoms with Crippen LogP contribution in [0.25, 0.3) is 0 Å². The standard InChI is InChI=1S/C14H18ClN3O3/c1-10(2)17-14(3,9-16)6-7-21-11-4-5-13(18(19)20)12(15)8-11/h4-5,8,10,17H,6-7H2,1-3H3. The second-order valence-electron chi connectivity index (χ2n) is 5.21. The zero-order valence-electron chi connectivity index (χ0n) is 12.2. The number of nitriles is 1. The molecule has 0 amide bonds. The van der Waals surface area contributed by atoms with Crippen LogP contribution in [-0.4, -0.2) is 23.1 Å². The van der Waals surface area contributed by atoms with Gasteiger partial charge in [-0.05, 0) is 26.8 Å². The molecule has 0 aromatic heterocycles. The Kier molecular flexibility index (Phi) is 5.94. The third kappa shape index (κ3) is 5.21. The van der Waals surface area contributed by atoms with Crippen molar-refractivity contribution in [2.75, 3.05) is 6.61 Å². The number of hydrogen-bond donors (Lipinski definition) is 1. The quantitative estimate of drug-likeness (QED) is 0.616. The van der Waals surface area contributed by atoms with E-state index >= 15 is 0 Å². The Hall–Kier alpha value is -1.84. The van der Waals surface area contributed by atoms with Crippen molar-refractivity contribution < 1.29 is 9.66 Å². The third-order valence-corrected chi connectivity index (χ3v) is 3.14. The summed E-state index contributed by atoms with van der Waals surface area (Å²) in [5, 5.41) is 23.1. The van der Waals surface area contributed by atoms with Crippen LogP contribution in [0.15, 0.2) is 18.2 Å². The summed E-state index contributed by atoms with van der Waals surface area (Å²) in [5.41, 5.74) is -0.842. The maximum atomic E-state index is 10.7. The van der Waals surface area contributed by atoms with Gasteiger partial charge in [0.15, 0.2) is 0 Å². The Balaban J connectivity index is 2.62. The van der Waals surface area contributed by atoms with Gasteiger partial charge in [-0.1, -0.05) is 11.6 Å². The molecule has 1 N–H and O–H groups in total. The van der Waals surface area contributed by atoms with Gasteiger partial charge in [0.1, 0.15) is 16.3 Å². The molecule has 0 heterocycles. The van der Waals surface area contributed by atoms with E-state index in [0.29, 0.717) is 18.8 Å². The Morgan fingerprint density at radius 3 is 2.71 bits per heavy atom. The van der Waals surface area contributed by atoms with Crippen LogP contribution >= 0.6 is 11.6 Å². The van der Waals surface area contributed by atoms with Gasteiger partial charge in [-0.3, -0.25) is 15.4 Å². The first-order valence-corrected chi connectivity index (χ1v) is 6.91. The first-order valence-electron chi connectivity index (χ1n) is 6.53. The molecule has 0 saturated heterocycles. The van der Waals surface area contributed by atoms with Crippen molar-refractivity contribution >= 4 is 17.3 Å². The van der Waals surface area contributed by atoms with Crippen LogP contribution in [0.1, 0.15) is 27.2 Å². The first kappa shape index (κ1) is 17.2. The van der Waals surface area contributed by atoms with Gasteiger partial charge in [-0.25, -0.2) is 0 Å². The molecule has 7 heteroatoms. The number of nitro benzene ring substituents is 1. The van der Waals surface area contributed by atoms with Crippen LogP contribution in [0, 0.1) is 21.4 Å². The normalized spacial score (nSPS) is 13.5. The SMILES string of the molecule is CC(C)NC(C)(C#N)CCOc1ccc([N+](=O)[O-])c(Cl)c1. The monoisotopic (exact) mass is 311 g/mol. The second-order valence-corrected chi connectivity index (χ2v) is 5.62. The smallest absolute Gasteiger partial charge is 0.288 e. The molecular weight excluding hydrogens is 294 g/mol.